The molecule has 3 aromatic rings. The molecular formula is C25H28N4O4. The van der Waals surface area contributed by atoms with Gasteiger partial charge >= 0.3 is 5.97 Å². The van der Waals surface area contributed by atoms with E-state index in [0.29, 0.717) is 28.1 Å². The molecule has 0 saturated heterocycles. The Kier molecular flexibility index (Phi) is 6.45. The molecule has 8 heteroatoms. The molecule has 2 unspecified atom stereocenters. The number of nitriles is 1. The Morgan fingerprint density at radius 2 is 1.91 bits per heavy atom. The van der Waals surface area contributed by atoms with E-state index in [1.165, 1.54) is 23.9 Å². The molecule has 8 nitrogen and oxygen atoms in total. The quantitative estimate of drug-likeness (QED) is 0.612. The Balaban J connectivity index is 2.27. The van der Waals surface area contributed by atoms with E-state index in [-0.39, 0.29) is 0 Å². The maximum Gasteiger partial charge on any atom is 0.327 e. The van der Waals surface area contributed by atoms with Crippen molar-refractivity contribution in [2.45, 2.75) is 39.7 Å². The molecule has 3 rings (SSSR count). The van der Waals surface area contributed by atoms with Gasteiger partial charge in [-0.1, -0.05) is 32.4 Å². The number of hydrogen-bond donors (Lipinski definition) is 1. The molecule has 2 aromatic heterocycles. The number of aliphatic carboxylic acids is 1. The van der Waals surface area contributed by atoms with Crippen molar-refractivity contribution >= 4 is 5.97 Å². The van der Waals surface area contributed by atoms with Crippen molar-refractivity contribution in [2.24, 2.45) is 12.5 Å². The Bertz CT molecular complexity index is 1290. The van der Waals surface area contributed by atoms with Crippen LogP contribution in [0.15, 0.2) is 47.5 Å². The van der Waals surface area contributed by atoms with Crippen LogP contribution in [0.3, 0.4) is 0 Å². The second-order valence-electron chi connectivity index (χ2n) is 9.20. The minimum absolute atomic E-state index is 0.302. The molecule has 2 heterocycles. The second-order valence-corrected chi connectivity index (χ2v) is 9.20. The fourth-order valence-electron chi connectivity index (χ4n) is 4.20. The van der Waals surface area contributed by atoms with Gasteiger partial charge in [0.2, 0.25) is 0 Å². The van der Waals surface area contributed by atoms with Gasteiger partial charge in [0, 0.05) is 36.4 Å². The van der Waals surface area contributed by atoms with E-state index in [4.69, 9.17) is 4.74 Å². The minimum atomic E-state index is -1.22. The van der Waals surface area contributed by atoms with Gasteiger partial charge in [0.25, 0.3) is 5.56 Å². The number of nitrogens with zero attached hydrogens (tertiary/aromatic N) is 4. The molecule has 1 N–H and O–H groups in total. The van der Waals surface area contributed by atoms with Crippen LogP contribution in [0.1, 0.15) is 49.6 Å². The van der Waals surface area contributed by atoms with Crippen molar-refractivity contribution in [2.75, 3.05) is 7.11 Å². The topological polar surface area (TPSA) is 110 Å². The fourth-order valence-corrected chi connectivity index (χ4v) is 4.20. The van der Waals surface area contributed by atoms with Gasteiger partial charge in [0.15, 0.2) is 0 Å². The van der Waals surface area contributed by atoms with Crippen molar-refractivity contribution in [3.8, 4) is 22.9 Å². The second kappa shape index (κ2) is 8.94. The molecule has 0 aliphatic rings. The third-order valence-electron chi connectivity index (χ3n) is 5.70. The molecule has 33 heavy (non-hydrogen) atoms. The van der Waals surface area contributed by atoms with E-state index in [1.807, 2.05) is 33.8 Å². The number of aryl methyl sites for hydroxylation is 2. The van der Waals surface area contributed by atoms with Crippen LogP contribution in [-0.4, -0.2) is 32.5 Å². The lowest BCUT2D eigenvalue weighted by atomic mass is 9.74. The molecule has 0 amide bonds. The van der Waals surface area contributed by atoms with E-state index in [1.54, 1.807) is 36.1 Å². The zero-order valence-electron chi connectivity index (χ0n) is 19.7. The Labute approximate surface area is 192 Å². The molecule has 0 radical (unpaired) electrons. The van der Waals surface area contributed by atoms with Gasteiger partial charge < -0.3 is 9.84 Å². The molecule has 0 fully saturated rings. The molecule has 2 atom stereocenters. The van der Waals surface area contributed by atoms with E-state index < -0.39 is 28.9 Å². The molecule has 1 aromatic carbocycles. The van der Waals surface area contributed by atoms with Gasteiger partial charge in [-0.2, -0.15) is 10.4 Å². The van der Waals surface area contributed by atoms with Crippen molar-refractivity contribution in [1.29, 1.82) is 5.26 Å². The van der Waals surface area contributed by atoms with Crippen LogP contribution in [-0.2, 0) is 11.8 Å². The van der Waals surface area contributed by atoms with E-state index >= 15 is 0 Å². The van der Waals surface area contributed by atoms with Crippen LogP contribution in [0.4, 0.5) is 0 Å². The zero-order chi connectivity index (χ0) is 24.5. The summed E-state index contributed by atoms with van der Waals surface area (Å²) in [6.45, 7) is 7.65. The first kappa shape index (κ1) is 23.8. The Hall–Kier alpha value is -3.86. The largest absolute Gasteiger partial charge is 0.495 e. The number of rotatable bonds is 6. The average Bonchev–Trinajstić information content (AvgIpc) is 3.16. The molecule has 172 valence electrons. The summed E-state index contributed by atoms with van der Waals surface area (Å²) in [4.78, 5) is 25.9. The minimum Gasteiger partial charge on any atom is -0.495 e. The predicted molar refractivity (Wildman–Crippen MR) is 124 cm³/mol. The summed E-state index contributed by atoms with van der Waals surface area (Å²) in [7, 11) is 3.21. The number of carboxylic acid groups (broad SMARTS) is 1. The first-order valence-electron chi connectivity index (χ1n) is 10.5. The summed E-state index contributed by atoms with van der Waals surface area (Å²) in [5.74, 6) is -1.44. The van der Waals surface area contributed by atoms with E-state index in [9.17, 15) is 20.0 Å². The number of hydrogen-bond acceptors (Lipinski definition) is 5. The van der Waals surface area contributed by atoms with Crippen molar-refractivity contribution in [3.05, 3.63) is 69.9 Å². The number of benzene rings is 1. The van der Waals surface area contributed by atoms with Gasteiger partial charge in [-0.25, -0.2) is 4.79 Å². The lowest BCUT2D eigenvalue weighted by Gasteiger charge is -2.35. The molecule has 0 saturated carbocycles. The number of aromatic nitrogens is 3. The highest BCUT2D eigenvalue weighted by Crippen LogP contribution is 2.43. The first-order chi connectivity index (χ1) is 15.5. The van der Waals surface area contributed by atoms with Crippen LogP contribution in [0.5, 0.6) is 5.75 Å². The highest BCUT2D eigenvalue weighted by atomic mass is 16.5. The third-order valence-corrected chi connectivity index (χ3v) is 5.70. The number of methoxy groups -OCH3 is 1. The summed E-state index contributed by atoms with van der Waals surface area (Å²) >= 11 is 0. The van der Waals surface area contributed by atoms with Crippen LogP contribution >= 0.6 is 0 Å². The van der Waals surface area contributed by atoms with Crippen LogP contribution < -0.4 is 10.3 Å². The summed E-state index contributed by atoms with van der Waals surface area (Å²) in [6, 6.07) is 9.34. The molecular weight excluding hydrogens is 420 g/mol. The van der Waals surface area contributed by atoms with Gasteiger partial charge in [-0.05, 0) is 30.5 Å². The van der Waals surface area contributed by atoms with Crippen molar-refractivity contribution < 1.29 is 14.6 Å². The average molecular weight is 449 g/mol. The van der Waals surface area contributed by atoms with Gasteiger partial charge in [-0.15, -0.1) is 0 Å². The van der Waals surface area contributed by atoms with E-state index in [2.05, 4.69) is 11.2 Å². The van der Waals surface area contributed by atoms with Crippen molar-refractivity contribution in [1.82, 2.24) is 14.3 Å². The SMILES string of the molecule is COc1cn(C(C(=O)O)C(c2ccn(C)n2)C(C)(C)C)c(=O)cc1-c1cc(C)ccc1C#N. The van der Waals surface area contributed by atoms with Gasteiger partial charge in [-0.3, -0.25) is 14.0 Å². The summed E-state index contributed by atoms with van der Waals surface area (Å²) in [5.41, 5.74) is 1.86. The van der Waals surface area contributed by atoms with Crippen LogP contribution in [0.25, 0.3) is 11.1 Å². The van der Waals surface area contributed by atoms with E-state index in [0.717, 1.165) is 5.56 Å². The normalized spacial score (nSPS) is 13.2. The maximum atomic E-state index is 13.3. The smallest absolute Gasteiger partial charge is 0.327 e. The lowest BCUT2D eigenvalue weighted by Crippen LogP contribution is -2.38. The highest BCUT2D eigenvalue weighted by molar-refractivity contribution is 5.77. The fraction of sp³-hybridized carbons (Fsp3) is 0.360. The van der Waals surface area contributed by atoms with Gasteiger partial charge in [0.1, 0.15) is 11.8 Å². The monoisotopic (exact) mass is 448 g/mol. The number of carbonyl (C=O) groups is 1. The summed E-state index contributed by atoms with van der Waals surface area (Å²) in [5, 5.41) is 24.2. The first-order valence-corrected chi connectivity index (χ1v) is 10.5. The van der Waals surface area contributed by atoms with Crippen LogP contribution in [0.2, 0.25) is 0 Å². The van der Waals surface area contributed by atoms with Gasteiger partial charge in [0.05, 0.1) is 30.6 Å². The molecule has 0 spiro atoms. The van der Waals surface area contributed by atoms with Crippen LogP contribution in [0, 0.1) is 23.7 Å². The Morgan fingerprint density at radius 3 is 2.42 bits per heavy atom. The molecule has 0 bridgehead atoms. The number of ether oxygens (including phenoxy) is 1. The lowest BCUT2D eigenvalue weighted by molar-refractivity contribution is -0.143. The highest BCUT2D eigenvalue weighted by Gasteiger charge is 2.41. The standard InChI is InChI=1S/C25H28N4O4/c1-15-7-8-16(13-26)17(11-15)18-12-21(30)29(14-20(18)33-6)23(24(31)32)22(25(2,3)4)19-9-10-28(5)27-19/h7-12,14,22-23H,1-6H3,(H,31,32). The predicted octanol–water partition coefficient (Wildman–Crippen LogP) is 3.89. The molecule has 0 aliphatic carbocycles. The van der Waals surface area contributed by atoms with Crippen molar-refractivity contribution in [3.63, 3.8) is 0 Å². The number of pyridine rings is 1. The third kappa shape index (κ3) is 4.67. The summed E-state index contributed by atoms with van der Waals surface area (Å²) < 4.78 is 8.36. The molecule has 0 aliphatic heterocycles. The zero-order valence-corrected chi connectivity index (χ0v) is 19.7. The number of carboxylic acids is 1. The Morgan fingerprint density at radius 1 is 1.21 bits per heavy atom. The maximum absolute atomic E-state index is 13.3. The summed E-state index contributed by atoms with van der Waals surface area (Å²) in [6.07, 6.45) is 3.17.